The zero-order valence-electron chi connectivity index (χ0n) is 13.1. The molecule has 4 nitrogen and oxygen atoms in total. The Morgan fingerprint density at radius 2 is 2.09 bits per heavy atom. The second-order valence-electron chi connectivity index (χ2n) is 5.75. The van der Waals surface area contributed by atoms with Crippen LogP contribution in [0, 0.1) is 11.7 Å². The summed E-state index contributed by atoms with van der Waals surface area (Å²) >= 11 is 0. The van der Waals surface area contributed by atoms with Gasteiger partial charge in [0.15, 0.2) is 5.82 Å². The van der Waals surface area contributed by atoms with E-state index >= 15 is 0 Å². The Labute approximate surface area is 130 Å². The molecule has 0 radical (unpaired) electrons. The molecular weight excluding hydrogens is 281 g/mol. The Bertz CT molecular complexity index is 609. The van der Waals surface area contributed by atoms with Crippen molar-refractivity contribution in [3.63, 3.8) is 0 Å². The van der Waals surface area contributed by atoms with Gasteiger partial charge in [0, 0.05) is 25.1 Å². The molecule has 5 heteroatoms. The van der Waals surface area contributed by atoms with Gasteiger partial charge in [0.05, 0.1) is 6.54 Å². The van der Waals surface area contributed by atoms with Crippen LogP contribution >= 0.6 is 0 Å². The van der Waals surface area contributed by atoms with Gasteiger partial charge in [-0.25, -0.2) is 4.39 Å². The van der Waals surface area contributed by atoms with E-state index in [0.29, 0.717) is 37.0 Å². The lowest BCUT2D eigenvalue weighted by molar-refractivity contribution is 0.236. The zero-order chi connectivity index (χ0) is 15.9. The number of aromatic nitrogens is 2. The van der Waals surface area contributed by atoms with Crippen molar-refractivity contribution in [2.24, 2.45) is 5.92 Å². The maximum atomic E-state index is 13.8. The lowest BCUT2D eigenvalue weighted by Crippen LogP contribution is -2.23. The molecule has 0 unspecified atom stereocenters. The molecular formula is C17H22FN3O. The van der Waals surface area contributed by atoms with Gasteiger partial charge in [-0.3, -0.25) is 4.90 Å². The molecule has 0 atom stereocenters. The Hall–Kier alpha value is -2.01. The van der Waals surface area contributed by atoms with E-state index in [1.165, 1.54) is 6.07 Å². The Kier molecular flexibility index (Phi) is 5.83. The third kappa shape index (κ3) is 4.77. The summed E-state index contributed by atoms with van der Waals surface area (Å²) < 4.78 is 19.1. The van der Waals surface area contributed by atoms with E-state index in [2.05, 4.69) is 30.6 Å². The van der Waals surface area contributed by atoms with E-state index in [0.717, 1.165) is 12.2 Å². The highest BCUT2D eigenvalue weighted by Crippen LogP contribution is 2.13. The second-order valence-corrected chi connectivity index (χ2v) is 5.75. The van der Waals surface area contributed by atoms with Crippen molar-refractivity contribution in [2.75, 3.05) is 6.54 Å². The Morgan fingerprint density at radius 1 is 1.32 bits per heavy atom. The van der Waals surface area contributed by atoms with Gasteiger partial charge < -0.3 is 4.52 Å². The highest BCUT2D eigenvalue weighted by Gasteiger charge is 2.14. The fraction of sp³-hybridized carbons (Fsp3) is 0.412. The third-order valence-electron chi connectivity index (χ3n) is 3.20. The maximum absolute atomic E-state index is 13.8. The van der Waals surface area contributed by atoms with Crippen LogP contribution in [0.3, 0.4) is 0 Å². The van der Waals surface area contributed by atoms with Crippen molar-refractivity contribution in [3.05, 3.63) is 60.0 Å². The van der Waals surface area contributed by atoms with Gasteiger partial charge in [-0.15, -0.1) is 6.58 Å². The fourth-order valence-corrected chi connectivity index (χ4v) is 2.23. The van der Waals surface area contributed by atoms with E-state index in [1.54, 1.807) is 18.2 Å². The molecule has 2 aromatic rings. The van der Waals surface area contributed by atoms with Crippen LogP contribution in [0.4, 0.5) is 4.39 Å². The van der Waals surface area contributed by atoms with Gasteiger partial charge >= 0.3 is 0 Å². The first kappa shape index (κ1) is 16.4. The molecule has 0 aliphatic rings. The van der Waals surface area contributed by atoms with Crippen molar-refractivity contribution >= 4 is 0 Å². The minimum atomic E-state index is -0.206. The predicted octanol–water partition coefficient (Wildman–Crippen LogP) is 3.60. The molecule has 22 heavy (non-hydrogen) atoms. The third-order valence-corrected chi connectivity index (χ3v) is 3.20. The number of hydrogen-bond donors (Lipinski definition) is 0. The van der Waals surface area contributed by atoms with Gasteiger partial charge in [-0.1, -0.05) is 43.3 Å². The van der Waals surface area contributed by atoms with Gasteiger partial charge in [0.1, 0.15) is 5.82 Å². The number of nitrogens with zero attached hydrogens (tertiary/aromatic N) is 3. The number of hydrogen-bond acceptors (Lipinski definition) is 4. The molecule has 0 amide bonds. The molecule has 0 aliphatic carbocycles. The van der Waals surface area contributed by atoms with Crippen molar-refractivity contribution in [3.8, 4) is 0 Å². The largest absolute Gasteiger partial charge is 0.338 e. The summed E-state index contributed by atoms with van der Waals surface area (Å²) in [5.74, 6) is 1.54. The van der Waals surface area contributed by atoms with Crippen molar-refractivity contribution in [2.45, 2.75) is 33.4 Å². The van der Waals surface area contributed by atoms with Gasteiger partial charge in [-0.05, 0) is 12.0 Å². The van der Waals surface area contributed by atoms with Crippen LogP contribution in [-0.4, -0.2) is 21.6 Å². The van der Waals surface area contributed by atoms with E-state index in [9.17, 15) is 4.39 Å². The number of benzene rings is 1. The lowest BCUT2D eigenvalue weighted by Gasteiger charge is -2.18. The van der Waals surface area contributed by atoms with Crippen LogP contribution in [-0.2, 0) is 19.5 Å². The van der Waals surface area contributed by atoms with E-state index in [1.807, 2.05) is 11.0 Å². The van der Waals surface area contributed by atoms with Gasteiger partial charge in [-0.2, -0.15) is 4.98 Å². The first-order valence-electron chi connectivity index (χ1n) is 7.46. The first-order valence-corrected chi connectivity index (χ1v) is 7.46. The van der Waals surface area contributed by atoms with E-state index in [-0.39, 0.29) is 5.82 Å². The summed E-state index contributed by atoms with van der Waals surface area (Å²) in [6, 6.07) is 6.77. The molecule has 1 heterocycles. The van der Waals surface area contributed by atoms with Crippen molar-refractivity contribution < 1.29 is 8.91 Å². The summed E-state index contributed by atoms with van der Waals surface area (Å²) in [5.41, 5.74) is 0.645. The lowest BCUT2D eigenvalue weighted by atomic mass is 10.1. The average molecular weight is 303 g/mol. The van der Waals surface area contributed by atoms with Crippen LogP contribution in [0.1, 0.15) is 31.1 Å². The molecule has 1 aromatic heterocycles. The molecule has 2 rings (SSSR count). The number of halogens is 1. The summed E-state index contributed by atoms with van der Waals surface area (Å²) in [7, 11) is 0. The normalized spacial score (nSPS) is 11.3. The molecule has 0 saturated carbocycles. The SMILES string of the molecule is C=CCN(Cc1nc(CC(C)C)no1)Cc1ccccc1F. The van der Waals surface area contributed by atoms with Crippen LogP contribution in [0.2, 0.25) is 0 Å². The van der Waals surface area contributed by atoms with Crippen LogP contribution < -0.4 is 0 Å². The van der Waals surface area contributed by atoms with E-state index in [4.69, 9.17) is 4.52 Å². The summed E-state index contributed by atoms with van der Waals surface area (Å²) in [6.07, 6.45) is 2.57. The fourth-order valence-electron chi connectivity index (χ4n) is 2.23. The van der Waals surface area contributed by atoms with Crippen LogP contribution in [0.15, 0.2) is 41.4 Å². The quantitative estimate of drug-likeness (QED) is 0.699. The monoisotopic (exact) mass is 303 g/mol. The number of rotatable bonds is 8. The molecule has 0 fully saturated rings. The Morgan fingerprint density at radius 3 is 2.77 bits per heavy atom. The van der Waals surface area contributed by atoms with Crippen molar-refractivity contribution in [1.82, 2.24) is 15.0 Å². The molecule has 0 saturated heterocycles. The van der Waals surface area contributed by atoms with Crippen LogP contribution in [0.25, 0.3) is 0 Å². The molecule has 0 bridgehead atoms. The first-order chi connectivity index (χ1) is 10.6. The summed E-state index contributed by atoms with van der Waals surface area (Å²) in [6.45, 7) is 9.54. The smallest absolute Gasteiger partial charge is 0.240 e. The molecule has 0 aliphatic heterocycles. The summed E-state index contributed by atoms with van der Waals surface area (Å²) in [5, 5.41) is 3.98. The minimum absolute atomic E-state index is 0.206. The Balaban J connectivity index is 2.04. The maximum Gasteiger partial charge on any atom is 0.240 e. The molecule has 0 N–H and O–H groups in total. The predicted molar refractivity (Wildman–Crippen MR) is 83.6 cm³/mol. The molecule has 1 aromatic carbocycles. The highest BCUT2D eigenvalue weighted by atomic mass is 19.1. The average Bonchev–Trinajstić information content (AvgIpc) is 2.88. The van der Waals surface area contributed by atoms with Gasteiger partial charge in [0.2, 0.25) is 5.89 Å². The molecule has 118 valence electrons. The standard InChI is InChI=1S/C17H22FN3O/c1-4-9-21(11-14-7-5-6-8-15(14)18)12-17-19-16(20-22-17)10-13(2)3/h4-8,13H,1,9-12H2,2-3H3. The van der Waals surface area contributed by atoms with Gasteiger partial charge in [0.25, 0.3) is 0 Å². The molecule has 0 spiro atoms. The summed E-state index contributed by atoms with van der Waals surface area (Å²) in [4.78, 5) is 6.40. The zero-order valence-corrected chi connectivity index (χ0v) is 13.1. The van der Waals surface area contributed by atoms with E-state index < -0.39 is 0 Å². The van der Waals surface area contributed by atoms with Crippen molar-refractivity contribution in [1.29, 1.82) is 0 Å². The minimum Gasteiger partial charge on any atom is -0.338 e. The topological polar surface area (TPSA) is 42.2 Å². The van der Waals surface area contributed by atoms with Crippen LogP contribution in [0.5, 0.6) is 0 Å². The highest BCUT2D eigenvalue weighted by molar-refractivity contribution is 5.17. The second kappa shape index (κ2) is 7.84.